The molecule has 1 amide bonds. The number of hydrogen-bond acceptors (Lipinski definition) is 7. The monoisotopic (exact) mass is 494 g/mol. The summed E-state index contributed by atoms with van der Waals surface area (Å²) in [6.45, 7) is 1.93. The van der Waals surface area contributed by atoms with E-state index in [1.807, 2.05) is 60.7 Å². The van der Waals surface area contributed by atoms with Crippen molar-refractivity contribution in [2.24, 2.45) is 0 Å². The minimum atomic E-state index is -0.142. The molecule has 0 saturated carbocycles. The summed E-state index contributed by atoms with van der Waals surface area (Å²) in [5.41, 5.74) is 7.03. The fourth-order valence-electron chi connectivity index (χ4n) is 5.21. The van der Waals surface area contributed by atoms with E-state index in [0.717, 1.165) is 54.3 Å². The van der Waals surface area contributed by atoms with Gasteiger partial charge in [0.15, 0.2) is 5.82 Å². The molecule has 0 aliphatic carbocycles. The topological polar surface area (TPSA) is 81.8 Å². The molecule has 188 valence electrons. The number of anilines is 1. The van der Waals surface area contributed by atoms with Crippen molar-refractivity contribution in [2.45, 2.75) is 25.3 Å². The Morgan fingerprint density at radius 1 is 0.946 bits per heavy atom. The van der Waals surface area contributed by atoms with E-state index < -0.39 is 0 Å². The first-order valence-corrected chi connectivity index (χ1v) is 12.7. The minimum Gasteiger partial charge on any atom is -0.497 e. The van der Waals surface area contributed by atoms with Crippen LogP contribution >= 0.6 is 0 Å². The van der Waals surface area contributed by atoms with Crippen LogP contribution < -0.4 is 20.8 Å². The normalized spacial score (nSPS) is 19.6. The van der Waals surface area contributed by atoms with Crippen molar-refractivity contribution < 1.29 is 9.53 Å². The molecule has 0 spiro atoms. The third-order valence-corrected chi connectivity index (χ3v) is 7.03. The first-order chi connectivity index (χ1) is 18.2. The van der Waals surface area contributed by atoms with Gasteiger partial charge in [0.05, 0.1) is 24.4 Å². The van der Waals surface area contributed by atoms with Gasteiger partial charge >= 0.3 is 0 Å². The molecular weight excluding hydrogens is 464 g/mol. The SMILES string of the molecule is COc1ccc(C2=C(Nc3ccccn3)NC3=C(N4CCCCC4)C(c4ccccc4)NN3C2=O)cc1. The van der Waals surface area contributed by atoms with E-state index in [2.05, 4.69) is 38.1 Å². The van der Waals surface area contributed by atoms with Crippen LogP contribution in [-0.2, 0) is 4.79 Å². The van der Waals surface area contributed by atoms with Gasteiger partial charge in [-0.2, -0.15) is 0 Å². The van der Waals surface area contributed by atoms with Gasteiger partial charge < -0.3 is 20.3 Å². The van der Waals surface area contributed by atoms with Gasteiger partial charge in [0.25, 0.3) is 5.91 Å². The summed E-state index contributed by atoms with van der Waals surface area (Å²) in [4.78, 5) is 21.0. The lowest BCUT2D eigenvalue weighted by Gasteiger charge is -2.34. The highest BCUT2D eigenvalue weighted by Gasteiger charge is 2.43. The van der Waals surface area contributed by atoms with Gasteiger partial charge in [-0.25, -0.2) is 15.4 Å². The summed E-state index contributed by atoms with van der Waals surface area (Å²) >= 11 is 0. The van der Waals surface area contributed by atoms with Crippen molar-refractivity contribution in [1.29, 1.82) is 0 Å². The molecule has 1 atom stereocenters. The maximum Gasteiger partial charge on any atom is 0.278 e. The molecule has 2 aromatic carbocycles. The van der Waals surface area contributed by atoms with E-state index in [4.69, 9.17) is 4.74 Å². The summed E-state index contributed by atoms with van der Waals surface area (Å²) in [6, 6.07) is 23.4. The molecule has 3 aromatic rings. The quantitative estimate of drug-likeness (QED) is 0.473. The van der Waals surface area contributed by atoms with Crippen LogP contribution in [0.15, 0.2) is 96.3 Å². The summed E-state index contributed by atoms with van der Waals surface area (Å²) in [5.74, 6) is 2.62. The van der Waals surface area contributed by atoms with Crippen molar-refractivity contribution in [3.8, 4) is 5.75 Å². The number of carbonyl (C=O) groups excluding carboxylic acids is 1. The van der Waals surface area contributed by atoms with Crippen molar-refractivity contribution in [1.82, 2.24) is 25.6 Å². The average molecular weight is 495 g/mol. The fourth-order valence-corrected chi connectivity index (χ4v) is 5.21. The Bertz CT molecular complexity index is 1330. The minimum absolute atomic E-state index is 0.134. The molecular formula is C29H30N6O2. The van der Waals surface area contributed by atoms with Crippen molar-refractivity contribution in [2.75, 3.05) is 25.5 Å². The van der Waals surface area contributed by atoms with Crippen LogP contribution in [0.5, 0.6) is 5.75 Å². The van der Waals surface area contributed by atoms with Crippen molar-refractivity contribution in [3.63, 3.8) is 0 Å². The predicted octanol–water partition coefficient (Wildman–Crippen LogP) is 4.22. The molecule has 8 nitrogen and oxygen atoms in total. The Balaban J connectivity index is 1.47. The molecule has 1 aromatic heterocycles. The third-order valence-electron chi connectivity index (χ3n) is 7.03. The Morgan fingerprint density at radius 2 is 1.70 bits per heavy atom. The summed E-state index contributed by atoms with van der Waals surface area (Å²) in [5, 5.41) is 8.65. The molecule has 3 aliphatic heterocycles. The number of piperidine rings is 1. The second-order valence-corrected chi connectivity index (χ2v) is 9.34. The second-order valence-electron chi connectivity index (χ2n) is 9.34. The predicted molar refractivity (Wildman–Crippen MR) is 143 cm³/mol. The number of hydrogen-bond donors (Lipinski definition) is 3. The van der Waals surface area contributed by atoms with Gasteiger partial charge in [0, 0.05) is 19.3 Å². The van der Waals surface area contributed by atoms with Gasteiger partial charge in [-0.15, -0.1) is 0 Å². The van der Waals surface area contributed by atoms with Crippen molar-refractivity contribution in [3.05, 3.63) is 107 Å². The lowest BCUT2D eigenvalue weighted by atomic mass is 10.0. The molecule has 37 heavy (non-hydrogen) atoms. The standard InChI is InChI=1S/C29H30N6O2/c1-37-22-15-13-20(14-16-22)24-27(31-23-12-6-7-17-30-23)32-28-26(34-18-8-3-9-19-34)25(33-35(28)29(24)36)21-10-4-2-5-11-21/h2,4-7,10-17,25,32-33H,3,8-9,18-19H2,1H3,(H,30,31). The Labute approximate surface area is 216 Å². The number of rotatable bonds is 6. The van der Waals surface area contributed by atoms with Gasteiger partial charge in [-0.1, -0.05) is 48.5 Å². The number of methoxy groups -OCH3 is 1. The smallest absolute Gasteiger partial charge is 0.278 e. The van der Waals surface area contributed by atoms with Crippen LogP contribution in [-0.4, -0.2) is 41.0 Å². The molecule has 3 aliphatic rings. The molecule has 1 saturated heterocycles. The largest absolute Gasteiger partial charge is 0.497 e. The zero-order valence-electron chi connectivity index (χ0n) is 20.8. The summed E-state index contributed by atoms with van der Waals surface area (Å²) in [7, 11) is 1.63. The van der Waals surface area contributed by atoms with Crippen LogP contribution in [0.2, 0.25) is 0 Å². The van der Waals surface area contributed by atoms with Crippen LogP contribution in [0.1, 0.15) is 36.4 Å². The van der Waals surface area contributed by atoms with Gasteiger partial charge in [-0.05, 0) is 54.7 Å². The number of pyridine rings is 1. The lowest BCUT2D eigenvalue weighted by molar-refractivity contribution is -0.126. The number of aromatic nitrogens is 1. The van der Waals surface area contributed by atoms with E-state index in [-0.39, 0.29) is 11.9 Å². The number of likely N-dealkylation sites (tertiary alicyclic amines) is 1. The third kappa shape index (κ3) is 4.40. The number of nitrogens with zero attached hydrogens (tertiary/aromatic N) is 3. The molecule has 3 N–H and O–H groups in total. The van der Waals surface area contributed by atoms with E-state index in [0.29, 0.717) is 17.2 Å². The summed E-state index contributed by atoms with van der Waals surface area (Å²) in [6.07, 6.45) is 5.23. The molecule has 6 rings (SSSR count). The number of carbonyl (C=O) groups is 1. The van der Waals surface area contributed by atoms with Crippen LogP contribution in [0, 0.1) is 0 Å². The zero-order chi connectivity index (χ0) is 25.2. The highest BCUT2D eigenvalue weighted by Crippen LogP contribution is 2.39. The van der Waals surface area contributed by atoms with E-state index in [9.17, 15) is 4.79 Å². The highest BCUT2D eigenvalue weighted by atomic mass is 16.5. The molecule has 1 fully saturated rings. The Kier molecular flexibility index (Phi) is 6.24. The number of benzene rings is 2. The van der Waals surface area contributed by atoms with Crippen LogP contribution in [0.4, 0.5) is 5.82 Å². The zero-order valence-corrected chi connectivity index (χ0v) is 20.8. The summed E-state index contributed by atoms with van der Waals surface area (Å²) < 4.78 is 5.34. The number of ether oxygens (including phenoxy) is 1. The first-order valence-electron chi connectivity index (χ1n) is 12.7. The van der Waals surface area contributed by atoms with E-state index in [1.54, 1.807) is 18.3 Å². The second kappa shape index (κ2) is 9.99. The molecule has 1 unspecified atom stereocenters. The number of hydrazine groups is 1. The van der Waals surface area contributed by atoms with Crippen molar-refractivity contribution >= 4 is 17.3 Å². The molecule has 4 heterocycles. The number of amides is 1. The average Bonchev–Trinajstić information content (AvgIpc) is 3.35. The fraction of sp³-hybridized carbons (Fsp3) is 0.241. The van der Waals surface area contributed by atoms with Gasteiger partial charge in [0.1, 0.15) is 17.4 Å². The molecule has 0 bridgehead atoms. The van der Waals surface area contributed by atoms with Crippen LogP contribution in [0.3, 0.4) is 0 Å². The number of fused-ring (bicyclic) bond motifs is 1. The first kappa shape index (κ1) is 23.1. The van der Waals surface area contributed by atoms with E-state index in [1.165, 1.54) is 6.42 Å². The van der Waals surface area contributed by atoms with Gasteiger partial charge in [0.2, 0.25) is 0 Å². The van der Waals surface area contributed by atoms with Gasteiger partial charge in [-0.3, -0.25) is 4.79 Å². The maximum atomic E-state index is 14.2. The maximum absolute atomic E-state index is 14.2. The Hall–Kier alpha value is -4.30. The molecule has 8 heteroatoms. The number of nitrogens with one attached hydrogen (secondary N) is 3. The van der Waals surface area contributed by atoms with Crippen LogP contribution in [0.25, 0.3) is 5.57 Å². The van der Waals surface area contributed by atoms with E-state index >= 15 is 0 Å². The molecule has 0 radical (unpaired) electrons. The Morgan fingerprint density at radius 3 is 2.41 bits per heavy atom. The lowest BCUT2D eigenvalue weighted by Crippen LogP contribution is -2.47. The highest BCUT2D eigenvalue weighted by molar-refractivity contribution is 6.22.